The van der Waals surface area contributed by atoms with Crippen molar-refractivity contribution >= 4 is 27.5 Å². The third-order valence-electron chi connectivity index (χ3n) is 6.37. The fourth-order valence-corrected chi connectivity index (χ4v) is 6.04. The maximum atomic E-state index is 13.3. The third-order valence-corrected chi connectivity index (χ3v) is 8.28. The summed E-state index contributed by atoms with van der Waals surface area (Å²) in [5, 5.41) is 2.85. The second-order valence-corrected chi connectivity index (χ2v) is 10.5. The number of carbonyl (C=O) groups excluding carboxylic acids is 2. The Hall–Kier alpha value is -3.43. The van der Waals surface area contributed by atoms with E-state index in [1.54, 1.807) is 24.3 Å². The van der Waals surface area contributed by atoms with Gasteiger partial charge in [0.05, 0.1) is 11.2 Å². The molecule has 176 valence electrons. The van der Waals surface area contributed by atoms with Crippen molar-refractivity contribution in [3.05, 3.63) is 83.8 Å². The molecule has 0 aliphatic carbocycles. The maximum Gasteiger partial charge on any atom is 0.290 e. The first-order valence-electron chi connectivity index (χ1n) is 11.3. The lowest BCUT2D eigenvalue weighted by molar-refractivity contribution is -0.121. The lowest BCUT2D eigenvalue weighted by atomic mass is 9.93. The molecule has 2 aliphatic rings. The molecule has 1 N–H and O–H groups in total. The van der Waals surface area contributed by atoms with Gasteiger partial charge in [0.25, 0.3) is 5.91 Å². The Morgan fingerprint density at radius 1 is 0.912 bits per heavy atom. The zero-order chi connectivity index (χ0) is 23.7. The molecule has 2 aliphatic heterocycles. The first-order valence-corrected chi connectivity index (χ1v) is 12.7. The Morgan fingerprint density at radius 3 is 2.29 bits per heavy atom. The van der Waals surface area contributed by atoms with Crippen LogP contribution in [0.25, 0.3) is 0 Å². The number of sulfonamides is 1. The van der Waals surface area contributed by atoms with Crippen molar-refractivity contribution in [3.63, 3.8) is 0 Å². The molecule has 5 rings (SSSR count). The topological polar surface area (TPSA) is 99.9 Å². The monoisotopic (exact) mass is 479 g/mol. The number of anilines is 1. The summed E-state index contributed by atoms with van der Waals surface area (Å²) in [4.78, 5) is 28.1. The standard InChI is InChI=1S/C25H25N3O5S/c29-24(26-20-9-11-21(12-10-20)34(31,32)27-13-3-4-14-27)22-16-18-6-1-2-7-19(18)17-28(22)25(30)23-8-5-15-33-23/h1-2,5-12,15,22H,3-4,13-14,16-17H2,(H,26,29). The third kappa shape index (κ3) is 4.24. The van der Waals surface area contributed by atoms with Crippen LogP contribution in [0.1, 0.15) is 34.5 Å². The summed E-state index contributed by atoms with van der Waals surface area (Å²) in [5.74, 6) is -0.523. The van der Waals surface area contributed by atoms with Crippen molar-refractivity contribution in [2.75, 3.05) is 18.4 Å². The van der Waals surface area contributed by atoms with E-state index in [4.69, 9.17) is 4.42 Å². The predicted molar refractivity (Wildman–Crippen MR) is 126 cm³/mol. The first kappa shape index (κ1) is 22.4. The molecule has 8 nitrogen and oxygen atoms in total. The van der Waals surface area contributed by atoms with Crippen LogP contribution in [0, 0.1) is 0 Å². The van der Waals surface area contributed by atoms with E-state index < -0.39 is 16.1 Å². The van der Waals surface area contributed by atoms with Gasteiger partial charge in [-0.3, -0.25) is 9.59 Å². The number of carbonyl (C=O) groups is 2. The van der Waals surface area contributed by atoms with Gasteiger partial charge in [-0.2, -0.15) is 4.31 Å². The number of benzene rings is 2. The number of furan rings is 1. The van der Waals surface area contributed by atoms with Gasteiger partial charge < -0.3 is 14.6 Å². The van der Waals surface area contributed by atoms with Crippen molar-refractivity contribution in [2.24, 2.45) is 0 Å². The maximum absolute atomic E-state index is 13.3. The van der Waals surface area contributed by atoms with E-state index in [1.807, 2.05) is 24.3 Å². The summed E-state index contributed by atoms with van der Waals surface area (Å²) in [5.41, 5.74) is 2.47. The molecular formula is C25H25N3O5S. The van der Waals surface area contributed by atoms with Crippen molar-refractivity contribution in [1.29, 1.82) is 0 Å². The second-order valence-electron chi connectivity index (χ2n) is 8.52. The van der Waals surface area contributed by atoms with Crippen LogP contribution in [0.3, 0.4) is 0 Å². The number of hydrogen-bond acceptors (Lipinski definition) is 5. The molecule has 0 spiro atoms. The normalized spacial score (nSPS) is 18.5. The van der Waals surface area contributed by atoms with Gasteiger partial charge in [0.1, 0.15) is 6.04 Å². The minimum Gasteiger partial charge on any atom is -0.459 e. The highest BCUT2D eigenvalue weighted by atomic mass is 32.2. The summed E-state index contributed by atoms with van der Waals surface area (Å²) in [6.07, 6.45) is 3.53. The number of amides is 2. The average Bonchev–Trinajstić information content (AvgIpc) is 3.58. The van der Waals surface area contributed by atoms with Crippen LogP contribution in [0.5, 0.6) is 0 Å². The van der Waals surface area contributed by atoms with Crippen LogP contribution in [0.4, 0.5) is 5.69 Å². The fourth-order valence-electron chi connectivity index (χ4n) is 4.53. The van der Waals surface area contributed by atoms with Gasteiger partial charge in [0.15, 0.2) is 5.76 Å². The molecule has 0 radical (unpaired) electrons. The van der Waals surface area contributed by atoms with E-state index in [0.717, 1.165) is 24.0 Å². The SMILES string of the molecule is O=C(Nc1ccc(S(=O)(=O)N2CCCC2)cc1)C1Cc2ccccc2CN1C(=O)c1ccco1. The van der Waals surface area contributed by atoms with Crippen LogP contribution in [0.2, 0.25) is 0 Å². The van der Waals surface area contributed by atoms with Crippen molar-refractivity contribution in [2.45, 2.75) is 36.7 Å². The van der Waals surface area contributed by atoms with E-state index >= 15 is 0 Å². The average molecular weight is 480 g/mol. The first-order chi connectivity index (χ1) is 16.4. The lowest BCUT2D eigenvalue weighted by Crippen LogP contribution is -2.50. The number of rotatable bonds is 5. The molecule has 0 saturated carbocycles. The summed E-state index contributed by atoms with van der Waals surface area (Å²) >= 11 is 0. The molecule has 1 saturated heterocycles. The smallest absolute Gasteiger partial charge is 0.290 e. The Morgan fingerprint density at radius 2 is 1.62 bits per heavy atom. The second kappa shape index (κ2) is 9.08. The molecule has 0 bridgehead atoms. The van der Waals surface area contributed by atoms with Crippen molar-refractivity contribution < 1.29 is 22.4 Å². The van der Waals surface area contributed by atoms with Gasteiger partial charge in [-0.25, -0.2) is 8.42 Å². The number of fused-ring (bicyclic) bond motifs is 1. The van der Waals surface area contributed by atoms with E-state index in [0.29, 0.717) is 31.7 Å². The van der Waals surface area contributed by atoms with Gasteiger partial charge in [0.2, 0.25) is 15.9 Å². The minimum absolute atomic E-state index is 0.175. The predicted octanol–water partition coefficient (Wildman–Crippen LogP) is 3.27. The molecule has 1 unspecified atom stereocenters. The van der Waals surface area contributed by atoms with E-state index in [2.05, 4.69) is 5.32 Å². The molecule has 3 heterocycles. The van der Waals surface area contributed by atoms with Crippen LogP contribution < -0.4 is 5.32 Å². The molecule has 1 fully saturated rings. The number of nitrogens with one attached hydrogen (secondary N) is 1. The Bertz CT molecular complexity index is 1300. The van der Waals surface area contributed by atoms with E-state index in [1.165, 1.54) is 27.6 Å². The summed E-state index contributed by atoms with van der Waals surface area (Å²) < 4.78 is 32.3. The van der Waals surface area contributed by atoms with E-state index in [9.17, 15) is 18.0 Å². The minimum atomic E-state index is -3.53. The van der Waals surface area contributed by atoms with Crippen LogP contribution in [-0.4, -0.2) is 48.6 Å². The zero-order valence-corrected chi connectivity index (χ0v) is 19.3. The Labute approximate surface area is 198 Å². The Kier molecular flexibility index (Phi) is 5.97. The molecule has 1 aromatic heterocycles. The zero-order valence-electron chi connectivity index (χ0n) is 18.5. The highest BCUT2D eigenvalue weighted by molar-refractivity contribution is 7.89. The largest absolute Gasteiger partial charge is 0.459 e. The van der Waals surface area contributed by atoms with Gasteiger partial charge >= 0.3 is 0 Å². The highest BCUT2D eigenvalue weighted by Crippen LogP contribution is 2.27. The van der Waals surface area contributed by atoms with Gasteiger partial charge in [-0.1, -0.05) is 24.3 Å². The van der Waals surface area contributed by atoms with Crippen LogP contribution >= 0.6 is 0 Å². The molecule has 1 atom stereocenters. The molecule has 2 amide bonds. The lowest BCUT2D eigenvalue weighted by Gasteiger charge is -2.35. The fraction of sp³-hybridized carbons (Fsp3) is 0.280. The van der Waals surface area contributed by atoms with Crippen molar-refractivity contribution in [1.82, 2.24) is 9.21 Å². The van der Waals surface area contributed by atoms with Gasteiger partial charge in [-0.05, 0) is 60.4 Å². The quantitative estimate of drug-likeness (QED) is 0.606. The van der Waals surface area contributed by atoms with Crippen LogP contribution in [0.15, 0.2) is 76.2 Å². The van der Waals surface area contributed by atoms with Crippen molar-refractivity contribution in [3.8, 4) is 0 Å². The summed E-state index contributed by atoms with van der Waals surface area (Å²) in [7, 11) is -3.53. The van der Waals surface area contributed by atoms with Gasteiger partial charge in [0, 0.05) is 31.7 Å². The van der Waals surface area contributed by atoms with Gasteiger partial charge in [-0.15, -0.1) is 0 Å². The number of hydrogen-bond donors (Lipinski definition) is 1. The molecule has 2 aromatic carbocycles. The molecular weight excluding hydrogens is 454 g/mol. The van der Waals surface area contributed by atoms with Crippen LogP contribution in [-0.2, 0) is 27.8 Å². The molecule has 3 aromatic rings. The summed E-state index contributed by atoms with van der Waals surface area (Å²) in [6.45, 7) is 1.35. The highest BCUT2D eigenvalue weighted by Gasteiger charge is 2.36. The van der Waals surface area contributed by atoms with E-state index in [-0.39, 0.29) is 22.5 Å². The molecule has 34 heavy (non-hydrogen) atoms. The summed E-state index contributed by atoms with van der Waals surface area (Å²) in [6, 6.07) is 16.4. The molecule has 9 heteroatoms. The number of nitrogens with zero attached hydrogens (tertiary/aromatic N) is 2. The Balaban J connectivity index is 1.36.